The van der Waals surface area contributed by atoms with Crippen LogP contribution in [0.3, 0.4) is 0 Å². The van der Waals surface area contributed by atoms with E-state index in [9.17, 15) is 13.2 Å². The second-order valence-corrected chi connectivity index (χ2v) is 9.03. The summed E-state index contributed by atoms with van der Waals surface area (Å²) in [4.78, 5) is 16.5. The molecule has 132 valence electrons. The highest BCUT2D eigenvalue weighted by Gasteiger charge is 2.33. The summed E-state index contributed by atoms with van der Waals surface area (Å²) in [6.07, 6.45) is 0.731. The molecule has 2 heterocycles. The number of piperazine rings is 1. The van der Waals surface area contributed by atoms with E-state index >= 15 is 0 Å². The predicted molar refractivity (Wildman–Crippen MR) is 95.2 cm³/mol. The summed E-state index contributed by atoms with van der Waals surface area (Å²) in [6.45, 7) is 3.47. The Hall–Kier alpha value is -1.15. The van der Waals surface area contributed by atoms with Crippen LogP contribution in [0.1, 0.15) is 6.42 Å². The number of para-hydroxylation sites is 1. The van der Waals surface area contributed by atoms with Gasteiger partial charge in [-0.25, -0.2) is 8.42 Å². The summed E-state index contributed by atoms with van der Waals surface area (Å²) >= 11 is 6.04. The number of nitrogens with one attached hydrogen (secondary N) is 1. The Bertz CT molecular complexity index is 702. The molecule has 1 N–H and O–H groups in total. The molecule has 0 saturated carbocycles. The highest BCUT2D eigenvalue weighted by molar-refractivity contribution is 7.91. The van der Waals surface area contributed by atoms with Crippen LogP contribution in [0.4, 0.5) is 5.69 Å². The minimum Gasteiger partial charge on any atom is -0.324 e. The second-order valence-electron chi connectivity index (χ2n) is 6.40. The molecular formula is C16H22ClN3O3S. The van der Waals surface area contributed by atoms with Gasteiger partial charge in [-0.1, -0.05) is 23.7 Å². The fraction of sp³-hybridized carbons (Fsp3) is 0.562. The normalized spacial score (nSPS) is 24.8. The summed E-state index contributed by atoms with van der Waals surface area (Å²) in [5.41, 5.74) is 0.624. The van der Waals surface area contributed by atoms with Gasteiger partial charge in [0.25, 0.3) is 0 Å². The number of nitrogens with zero attached hydrogens (tertiary/aromatic N) is 2. The van der Waals surface area contributed by atoms with E-state index in [1.54, 1.807) is 12.1 Å². The third-order valence-corrected chi connectivity index (χ3v) is 6.73. The van der Waals surface area contributed by atoms with Crippen molar-refractivity contribution in [3.63, 3.8) is 0 Å². The second kappa shape index (κ2) is 7.39. The van der Waals surface area contributed by atoms with Crippen molar-refractivity contribution in [2.45, 2.75) is 12.5 Å². The molecule has 2 fully saturated rings. The molecule has 2 aliphatic heterocycles. The van der Waals surface area contributed by atoms with Crippen molar-refractivity contribution >= 4 is 33.0 Å². The lowest BCUT2D eigenvalue weighted by molar-refractivity contribution is -0.117. The van der Waals surface area contributed by atoms with E-state index in [1.165, 1.54) is 0 Å². The zero-order valence-corrected chi connectivity index (χ0v) is 15.0. The molecule has 0 radical (unpaired) electrons. The van der Waals surface area contributed by atoms with Gasteiger partial charge in [0.2, 0.25) is 5.91 Å². The van der Waals surface area contributed by atoms with Gasteiger partial charge < -0.3 is 5.32 Å². The van der Waals surface area contributed by atoms with E-state index in [2.05, 4.69) is 15.1 Å². The van der Waals surface area contributed by atoms with Gasteiger partial charge in [0, 0.05) is 32.2 Å². The first kappa shape index (κ1) is 17.7. The van der Waals surface area contributed by atoms with Crippen LogP contribution in [0.5, 0.6) is 0 Å². The molecule has 1 amide bonds. The molecule has 2 saturated heterocycles. The van der Waals surface area contributed by atoms with Gasteiger partial charge >= 0.3 is 0 Å². The predicted octanol–water partition coefficient (Wildman–Crippen LogP) is 1.08. The van der Waals surface area contributed by atoms with Gasteiger partial charge in [-0.2, -0.15) is 0 Å². The molecule has 24 heavy (non-hydrogen) atoms. The summed E-state index contributed by atoms with van der Waals surface area (Å²) < 4.78 is 23.2. The van der Waals surface area contributed by atoms with Crippen molar-refractivity contribution in [1.29, 1.82) is 0 Å². The van der Waals surface area contributed by atoms with Crippen LogP contribution in [0.25, 0.3) is 0 Å². The van der Waals surface area contributed by atoms with Gasteiger partial charge in [-0.15, -0.1) is 0 Å². The topological polar surface area (TPSA) is 69.7 Å². The van der Waals surface area contributed by atoms with Crippen LogP contribution in [0, 0.1) is 0 Å². The fourth-order valence-corrected chi connectivity index (χ4v) is 5.25. The van der Waals surface area contributed by atoms with E-state index in [1.807, 2.05) is 12.1 Å². The Morgan fingerprint density at radius 1 is 1.21 bits per heavy atom. The van der Waals surface area contributed by atoms with E-state index < -0.39 is 9.84 Å². The monoisotopic (exact) mass is 371 g/mol. The molecule has 0 aliphatic carbocycles. The van der Waals surface area contributed by atoms with Gasteiger partial charge in [0.05, 0.1) is 28.8 Å². The molecule has 0 unspecified atom stereocenters. The molecule has 1 atom stereocenters. The lowest BCUT2D eigenvalue weighted by Crippen LogP contribution is -2.52. The van der Waals surface area contributed by atoms with Gasteiger partial charge in [0.1, 0.15) is 0 Å². The number of sulfone groups is 1. The average molecular weight is 372 g/mol. The maximum absolute atomic E-state index is 12.2. The average Bonchev–Trinajstić information content (AvgIpc) is 2.90. The molecule has 1 aromatic rings. The largest absolute Gasteiger partial charge is 0.324 e. The highest BCUT2D eigenvalue weighted by Crippen LogP contribution is 2.21. The van der Waals surface area contributed by atoms with Gasteiger partial charge in [-0.05, 0) is 18.6 Å². The van der Waals surface area contributed by atoms with E-state index in [0.717, 1.165) is 32.6 Å². The molecule has 3 rings (SSSR count). The first-order valence-corrected chi connectivity index (χ1v) is 10.3. The summed E-state index contributed by atoms with van der Waals surface area (Å²) in [5, 5.41) is 3.36. The van der Waals surface area contributed by atoms with Crippen molar-refractivity contribution in [3.05, 3.63) is 29.3 Å². The maximum Gasteiger partial charge on any atom is 0.238 e. The number of rotatable bonds is 4. The number of anilines is 1. The van der Waals surface area contributed by atoms with Crippen LogP contribution >= 0.6 is 11.6 Å². The zero-order chi connectivity index (χ0) is 17.2. The number of halogens is 1. The number of hydrogen-bond donors (Lipinski definition) is 1. The summed E-state index contributed by atoms with van der Waals surface area (Å²) in [7, 11) is -2.85. The molecular weight excluding hydrogens is 350 g/mol. The molecule has 0 spiro atoms. The van der Waals surface area contributed by atoms with Crippen molar-refractivity contribution in [2.24, 2.45) is 0 Å². The highest BCUT2D eigenvalue weighted by atomic mass is 35.5. The third-order valence-electron chi connectivity index (χ3n) is 4.65. The molecule has 6 nitrogen and oxygen atoms in total. The summed E-state index contributed by atoms with van der Waals surface area (Å²) in [6, 6.07) is 7.31. The minimum atomic E-state index is -2.85. The number of carbonyl (C=O) groups excluding carboxylic acids is 1. The SMILES string of the molecule is O=C(CN1CCN([C@H]2CCS(=O)(=O)C2)CC1)Nc1ccccc1Cl. The summed E-state index contributed by atoms with van der Waals surface area (Å²) in [5.74, 6) is 0.498. The standard InChI is InChI=1S/C16H22ClN3O3S/c17-14-3-1-2-4-15(14)18-16(21)11-19-6-8-20(9-7-19)13-5-10-24(22,23)12-13/h1-4,13H,5-12H2,(H,18,21)/t13-/m0/s1. The lowest BCUT2D eigenvalue weighted by atomic mass is 10.2. The van der Waals surface area contributed by atoms with Crippen LogP contribution in [0.15, 0.2) is 24.3 Å². The number of amides is 1. The quantitative estimate of drug-likeness (QED) is 0.857. The van der Waals surface area contributed by atoms with Gasteiger partial charge in [0.15, 0.2) is 9.84 Å². The molecule has 0 aromatic heterocycles. The van der Waals surface area contributed by atoms with Crippen LogP contribution < -0.4 is 5.32 Å². The molecule has 2 aliphatic rings. The lowest BCUT2D eigenvalue weighted by Gasteiger charge is -2.37. The first-order chi connectivity index (χ1) is 11.4. The Labute approximate surface area is 147 Å². The molecule has 0 bridgehead atoms. The van der Waals surface area contributed by atoms with Crippen LogP contribution in [-0.2, 0) is 14.6 Å². The zero-order valence-electron chi connectivity index (χ0n) is 13.4. The Morgan fingerprint density at radius 3 is 2.54 bits per heavy atom. The Kier molecular flexibility index (Phi) is 5.44. The molecule has 1 aromatic carbocycles. The number of carbonyl (C=O) groups is 1. The smallest absolute Gasteiger partial charge is 0.238 e. The van der Waals surface area contributed by atoms with Crippen molar-refractivity contribution in [3.8, 4) is 0 Å². The van der Waals surface area contributed by atoms with E-state index in [4.69, 9.17) is 11.6 Å². The van der Waals surface area contributed by atoms with Crippen molar-refractivity contribution in [1.82, 2.24) is 9.80 Å². The third kappa shape index (κ3) is 4.47. The van der Waals surface area contributed by atoms with Gasteiger partial charge in [-0.3, -0.25) is 14.6 Å². The van der Waals surface area contributed by atoms with E-state index in [0.29, 0.717) is 23.0 Å². The Balaban J connectivity index is 1.45. The Morgan fingerprint density at radius 2 is 1.92 bits per heavy atom. The first-order valence-electron chi connectivity index (χ1n) is 8.14. The van der Waals surface area contributed by atoms with E-state index in [-0.39, 0.29) is 17.7 Å². The maximum atomic E-state index is 12.2. The fourth-order valence-electron chi connectivity index (χ4n) is 3.31. The van der Waals surface area contributed by atoms with Crippen LogP contribution in [0.2, 0.25) is 5.02 Å². The number of benzene rings is 1. The number of hydrogen-bond acceptors (Lipinski definition) is 5. The minimum absolute atomic E-state index is 0.0833. The molecule has 8 heteroatoms. The van der Waals surface area contributed by atoms with Crippen molar-refractivity contribution in [2.75, 3.05) is 49.5 Å². The van der Waals surface area contributed by atoms with Crippen LogP contribution in [-0.4, -0.2) is 74.4 Å². The van der Waals surface area contributed by atoms with Crippen molar-refractivity contribution < 1.29 is 13.2 Å².